The number of hydrogen-bond acceptors (Lipinski definition) is 9. The molecule has 36 heavy (non-hydrogen) atoms. The highest BCUT2D eigenvalue weighted by molar-refractivity contribution is 7.10. The molecule has 1 saturated heterocycles. The Labute approximate surface area is 219 Å². The molecule has 0 aromatic carbocycles. The number of anilines is 2. The Bertz CT molecular complexity index is 1110. The fourth-order valence-electron chi connectivity index (χ4n) is 4.93. The van der Waals surface area contributed by atoms with Gasteiger partial charge in [-0.05, 0) is 51.1 Å². The number of thiophene rings is 1. The SMILES string of the molecule is CCNC(=O)[C@H]1C[C@@H](Nc2nccc(NC(CC)Cc3sccc3Cl)c2[N+](=O)[O-])[C@@H]2OC(C)(C)O[C@@H]21. The summed E-state index contributed by atoms with van der Waals surface area (Å²) in [6, 6.07) is 3.01. The molecule has 1 aliphatic carbocycles. The number of rotatable bonds is 10. The van der Waals surface area contributed by atoms with E-state index in [-0.39, 0.29) is 23.5 Å². The minimum Gasteiger partial charge on any atom is -0.376 e. The van der Waals surface area contributed by atoms with E-state index >= 15 is 0 Å². The van der Waals surface area contributed by atoms with Gasteiger partial charge in [-0.2, -0.15) is 0 Å². The van der Waals surface area contributed by atoms with E-state index in [4.69, 9.17) is 21.1 Å². The molecule has 196 valence electrons. The van der Waals surface area contributed by atoms with Crippen LogP contribution in [0.15, 0.2) is 23.7 Å². The lowest BCUT2D eigenvalue weighted by Crippen LogP contribution is -2.37. The summed E-state index contributed by atoms with van der Waals surface area (Å²) in [5, 5.41) is 24.2. The molecule has 10 nitrogen and oxygen atoms in total. The topological polar surface area (TPSA) is 128 Å². The van der Waals surface area contributed by atoms with E-state index < -0.39 is 34.9 Å². The molecule has 2 aliphatic rings. The van der Waals surface area contributed by atoms with Gasteiger partial charge in [0.05, 0.1) is 21.9 Å². The molecule has 5 atom stereocenters. The zero-order valence-corrected chi connectivity index (χ0v) is 22.3. The predicted molar refractivity (Wildman–Crippen MR) is 140 cm³/mol. The zero-order chi connectivity index (χ0) is 26.0. The molecule has 3 heterocycles. The molecule has 4 rings (SSSR count). The second-order valence-electron chi connectivity index (χ2n) is 9.51. The van der Waals surface area contributed by atoms with Crippen LogP contribution in [0.2, 0.25) is 5.02 Å². The van der Waals surface area contributed by atoms with Crippen LogP contribution >= 0.6 is 22.9 Å². The largest absolute Gasteiger partial charge is 0.376 e. The number of nitrogens with zero attached hydrogens (tertiary/aromatic N) is 2. The van der Waals surface area contributed by atoms with Crippen molar-refractivity contribution in [2.45, 2.75) is 77.0 Å². The maximum absolute atomic E-state index is 12.7. The van der Waals surface area contributed by atoms with Crippen molar-refractivity contribution in [2.24, 2.45) is 5.92 Å². The van der Waals surface area contributed by atoms with Crippen LogP contribution in [-0.4, -0.2) is 52.4 Å². The van der Waals surface area contributed by atoms with Crippen LogP contribution in [-0.2, 0) is 20.7 Å². The minimum absolute atomic E-state index is 0.0551. The third kappa shape index (κ3) is 5.59. The maximum Gasteiger partial charge on any atom is 0.334 e. The van der Waals surface area contributed by atoms with E-state index in [1.807, 2.05) is 25.3 Å². The van der Waals surface area contributed by atoms with Crippen molar-refractivity contribution in [1.82, 2.24) is 10.3 Å². The molecule has 0 bridgehead atoms. The molecular formula is C24H32ClN5O5S. The Kier molecular flexibility index (Phi) is 8.03. The van der Waals surface area contributed by atoms with E-state index in [2.05, 4.69) is 20.9 Å². The zero-order valence-electron chi connectivity index (χ0n) is 20.7. The smallest absolute Gasteiger partial charge is 0.334 e. The Hall–Kier alpha value is -2.47. The average Bonchev–Trinajstić information content (AvgIpc) is 3.46. The normalized spacial score (nSPS) is 25.2. The quantitative estimate of drug-likeness (QED) is 0.296. The monoisotopic (exact) mass is 537 g/mol. The Balaban J connectivity index is 1.58. The van der Waals surface area contributed by atoms with Crippen LogP contribution in [0, 0.1) is 16.0 Å². The number of amides is 1. The highest BCUT2D eigenvalue weighted by atomic mass is 35.5. The van der Waals surface area contributed by atoms with Crippen LogP contribution in [0.3, 0.4) is 0 Å². The molecule has 1 saturated carbocycles. The summed E-state index contributed by atoms with van der Waals surface area (Å²) >= 11 is 7.83. The number of ether oxygens (including phenoxy) is 2. The Morgan fingerprint density at radius 2 is 2.08 bits per heavy atom. The molecule has 1 aliphatic heterocycles. The van der Waals surface area contributed by atoms with Crippen LogP contribution in [0.4, 0.5) is 17.2 Å². The number of hydrogen-bond donors (Lipinski definition) is 3. The highest BCUT2D eigenvalue weighted by Crippen LogP contribution is 2.44. The third-order valence-electron chi connectivity index (χ3n) is 6.56. The minimum atomic E-state index is -0.861. The van der Waals surface area contributed by atoms with Crippen LogP contribution in [0.25, 0.3) is 0 Å². The second-order valence-corrected chi connectivity index (χ2v) is 10.9. The van der Waals surface area contributed by atoms with Gasteiger partial charge in [0, 0.05) is 30.1 Å². The summed E-state index contributed by atoms with van der Waals surface area (Å²) < 4.78 is 12.2. The Morgan fingerprint density at radius 3 is 2.72 bits per heavy atom. The fraction of sp³-hybridized carbons (Fsp3) is 0.583. The van der Waals surface area contributed by atoms with Gasteiger partial charge in [0.25, 0.3) is 0 Å². The first-order valence-corrected chi connectivity index (χ1v) is 13.4. The maximum atomic E-state index is 12.7. The van der Waals surface area contributed by atoms with Crippen LogP contribution in [0.5, 0.6) is 0 Å². The van der Waals surface area contributed by atoms with Gasteiger partial charge in [0.15, 0.2) is 5.79 Å². The Morgan fingerprint density at radius 1 is 1.33 bits per heavy atom. The molecule has 0 spiro atoms. The lowest BCUT2D eigenvalue weighted by atomic mass is 10.0. The van der Waals surface area contributed by atoms with Crippen molar-refractivity contribution >= 4 is 46.0 Å². The van der Waals surface area contributed by atoms with Gasteiger partial charge in [-0.1, -0.05) is 18.5 Å². The summed E-state index contributed by atoms with van der Waals surface area (Å²) in [6.07, 6.45) is 2.43. The standard InChI is InChI=1S/C24H32ClN5O5S/c1-5-13(11-18-15(25)8-10-36-18)28-16-7-9-27-22(19(16)30(32)33)29-17-12-14(23(31)26-6-2)20-21(17)35-24(3,4)34-20/h7-10,13-14,17,20-21H,5-6,11-12H2,1-4H3,(H,26,31)(H2,27,28,29)/t13?,14-,17+,20+,21-/m0/s1. The molecule has 1 unspecified atom stereocenters. The van der Waals surface area contributed by atoms with Gasteiger partial charge in [0.2, 0.25) is 11.7 Å². The molecule has 2 aromatic rings. The van der Waals surface area contributed by atoms with E-state index in [0.29, 0.717) is 30.1 Å². The van der Waals surface area contributed by atoms with Gasteiger partial charge in [-0.25, -0.2) is 4.98 Å². The first-order chi connectivity index (χ1) is 17.1. The first kappa shape index (κ1) is 26.6. The van der Waals surface area contributed by atoms with Gasteiger partial charge < -0.3 is 25.4 Å². The van der Waals surface area contributed by atoms with Crippen LogP contribution < -0.4 is 16.0 Å². The number of fused-ring (bicyclic) bond motifs is 1. The molecule has 2 fully saturated rings. The van der Waals surface area contributed by atoms with Crippen molar-refractivity contribution < 1.29 is 19.2 Å². The van der Waals surface area contributed by atoms with Crippen molar-refractivity contribution in [3.05, 3.63) is 43.7 Å². The summed E-state index contributed by atoms with van der Waals surface area (Å²) in [7, 11) is 0. The van der Waals surface area contributed by atoms with Crippen molar-refractivity contribution in [3.63, 3.8) is 0 Å². The van der Waals surface area contributed by atoms with Crippen LogP contribution in [0.1, 0.15) is 45.4 Å². The number of pyridine rings is 1. The summed E-state index contributed by atoms with van der Waals surface area (Å²) in [5.41, 5.74) is 0.222. The fourth-order valence-corrected chi connectivity index (χ4v) is 6.13. The summed E-state index contributed by atoms with van der Waals surface area (Å²) in [4.78, 5) is 29.8. The number of carbonyl (C=O) groups is 1. The molecular weight excluding hydrogens is 506 g/mol. The molecule has 0 radical (unpaired) electrons. The van der Waals surface area contributed by atoms with E-state index in [1.165, 1.54) is 6.20 Å². The number of nitrogens with one attached hydrogen (secondary N) is 3. The van der Waals surface area contributed by atoms with Crippen molar-refractivity contribution in [3.8, 4) is 0 Å². The lowest BCUT2D eigenvalue weighted by Gasteiger charge is -2.24. The van der Waals surface area contributed by atoms with E-state index in [9.17, 15) is 14.9 Å². The van der Waals surface area contributed by atoms with Gasteiger partial charge >= 0.3 is 5.69 Å². The first-order valence-electron chi connectivity index (χ1n) is 12.1. The number of halogens is 1. The number of carbonyl (C=O) groups excluding carboxylic acids is 1. The van der Waals surface area contributed by atoms with Gasteiger partial charge in [-0.3, -0.25) is 14.9 Å². The molecule has 1 amide bonds. The summed E-state index contributed by atoms with van der Waals surface area (Å²) in [6.45, 7) is 7.98. The molecule has 3 N–H and O–H groups in total. The number of nitro groups is 1. The lowest BCUT2D eigenvalue weighted by molar-refractivity contribution is -0.383. The predicted octanol–water partition coefficient (Wildman–Crippen LogP) is 4.59. The van der Waals surface area contributed by atoms with E-state index in [0.717, 1.165) is 11.3 Å². The average molecular weight is 538 g/mol. The van der Waals surface area contributed by atoms with Crippen molar-refractivity contribution in [2.75, 3.05) is 17.2 Å². The van der Waals surface area contributed by atoms with Crippen molar-refractivity contribution in [1.29, 1.82) is 0 Å². The highest BCUT2D eigenvalue weighted by Gasteiger charge is 2.56. The summed E-state index contributed by atoms with van der Waals surface area (Å²) in [5.74, 6) is -1.29. The number of aromatic nitrogens is 1. The van der Waals surface area contributed by atoms with Gasteiger partial charge in [-0.15, -0.1) is 11.3 Å². The van der Waals surface area contributed by atoms with E-state index in [1.54, 1.807) is 31.3 Å². The van der Waals surface area contributed by atoms with Gasteiger partial charge in [0.1, 0.15) is 17.9 Å². The second kappa shape index (κ2) is 10.9. The molecule has 2 aromatic heterocycles. The third-order valence-corrected chi connectivity index (χ3v) is 7.97. The molecule has 12 heteroatoms.